The van der Waals surface area contributed by atoms with Crippen LogP contribution in [0.15, 0.2) is 39.2 Å². The highest BCUT2D eigenvalue weighted by Gasteiger charge is 2.11. The number of aryl methyl sites for hydroxylation is 1. The monoisotopic (exact) mass is 388 g/mol. The summed E-state index contributed by atoms with van der Waals surface area (Å²) in [6, 6.07) is 5.14. The molecular weight excluding hydrogens is 379 g/mol. The van der Waals surface area contributed by atoms with Crippen molar-refractivity contribution in [1.29, 1.82) is 0 Å². The van der Waals surface area contributed by atoms with Crippen LogP contribution in [0.4, 0.5) is 0 Å². The number of hydrogen-bond donors (Lipinski definition) is 2. The van der Waals surface area contributed by atoms with Gasteiger partial charge in [-0.05, 0) is 47.2 Å². The highest BCUT2D eigenvalue weighted by Crippen LogP contribution is 2.29. The highest BCUT2D eigenvalue weighted by atomic mass is 127. The average molecular weight is 388 g/mol. The second-order valence-corrected chi connectivity index (χ2v) is 5.88. The average Bonchev–Trinajstić information content (AvgIpc) is 2.37. The van der Waals surface area contributed by atoms with Crippen molar-refractivity contribution in [2.24, 2.45) is 0 Å². The summed E-state index contributed by atoms with van der Waals surface area (Å²) in [5.74, 6) is -0.964. The molecule has 0 saturated carbocycles. The van der Waals surface area contributed by atoms with Crippen molar-refractivity contribution >= 4 is 40.3 Å². The topological polar surface area (TPSA) is 83.0 Å². The molecule has 0 radical (unpaired) electrons. The first-order valence-corrected chi connectivity index (χ1v) is 7.13. The molecule has 0 fully saturated rings. The molecule has 2 aromatic rings. The van der Waals surface area contributed by atoms with E-state index in [-0.39, 0.29) is 11.1 Å². The largest absolute Gasteiger partial charge is 0.478 e. The molecule has 0 aliphatic carbocycles. The van der Waals surface area contributed by atoms with E-state index in [4.69, 9.17) is 5.11 Å². The lowest BCUT2D eigenvalue weighted by atomic mass is 10.1. The van der Waals surface area contributed by atoms with Crippen molar-refractivity contribution in [2.45, 2.75) is 16.8 Å². The van der Waals surface area contributed by atoms with E-state index in [9.17, 15) is 9.59 Å². The second kappa shape index (κ2) is 5.74. The molecular formula is C12H9IN2O3S. The van der Waals surface area contributed by atoms with Gasteiger partial charge < -0.3 is 10.1 Å². The number of aromatic nitrogens is 2. The predicted molar refractivity (Wildman–Crippen MR) is 79.8 cm³/mol. The van der Waals surface area contributed by atoms with E-state index in [1.807, 2.05) is 28.7 Å². The number of nitrogens with zero attached hydrogens (tertiary/aromatic N) is 1. The summed E-state index contributed by atoms with van der Waals surface area (Å²) in [6.07, 6.45) is 1.33. The lowest BCUT2D eigenvalue weighted by Crippen LogP contribution is -2.11. The number of aromatic amines is 1. The van der Waals surface area contributed by atoms with Crippen LogP contribution in [0.1, 0.15) is 15.9 Å². The Morgan fingerprint density at radius 1 is 1.47 bits per heavy atom. The number of nitrogens with one attached hydrogen (secondary N) is 1. The quantitative estimate of drug-likeness (QED) is 0.624. The maximum absolute atomic E-state index is 11.4. The molecule has 2 rings (SSSR count). The zero-order valence-electron chi connectivity index (χ0n) is 9.81. The number of carboxylic acid groups (broad SMARTS) is 1. The molecule has 0 amide bonds. The first-order chi connectivity index (χ1) is 8.99. The van der Waals surface area contributed by atoms with Crippen molar-refractivity contribution in [2.75, 3.05) is 0 Å². The van der Waals surface area contributed by atoms with Gasteiger partial charge in [-0.15, -0.1) is 0 Å². The van der Waals surface area contributed by atoms with E-state index in [1.54, 1.807) is 19.1 Å². The van der Waals surface area contributed by atoms with Gasteiger partial charge in [0.1, 0.15) is 8.60 Å². The van der Waals surface area contributed by atoms with Crippen molar-refractivity contribution in [1.82, 2.24) is 9.97 Å². The molecule has 0 spiro atoms. The Hall–Kier alpha value is -1.35. The minimum Gasteiger partial charge on any atom is -0.478 e. The van der Waals surface area contributed by atoms with Crippen molar-refractivity contribution in [3.05, 3.63) is 49.6 Å². The van der Waals surface area contributed by atoms with Crippen LogP contribution in [0.5, 0.6) is 0 Å². The second-order valence-electron chi connectivity index (χ2n) is 3.73. The summed E-state index contributed by atoms with van der Waals surface area (Å²) < 4.78 is 0.488. The van der Waals surface area contributed by atoms with Crippen LogP contribution in [0.3, 0.4) is 0 Å². The smallest absolute Gasteiger partial charge is 0.335 e. The fraction of sp³-hybridized carbons (Fsp3) is 0.0833. The number of hydrogen-bond acceptors (Lipinski definition) is 4. The number of H-pyrrole nitrogens is 1. The van der Waals surface area contributed by atoms with E-state index in [2.05, 4.69) is 9.97 Å². The van der Waals surface area contributed by atoms with Crippen molar-refractivity contribution in [3.8, 4) is 0 Å². The standard InChI is InChI=1S/C12H9IN2O3S/c1-6-2-3-7(4-8(6)12(17)18)19-11-9(13)10(16)14-5-15-11/h2-5H,1H3,(H,17,18)(H,14,15,16). The first kappa shape index (κ1) is 14.1. The maximum Gasteiger partial charge on any atom is 0.335 e. The minimum atomic E-state index is -0.964. The third-order valence-electron chi connectivity index (χ3n) is 2.42. The van der Waals surface area contributed by atoms with Crippen LogP contribution in [0.2, 0.25) is 0 Å². The van der Waals surface area contributed by atoms with Gasteiger partial charge in [0, 0.05) is 4.90 Å². The Labute approximate surface area is 126 Å². The van der Waals surface area contributed by atoms with Gasteiger partial charge >= 0.3 is 5.97 Å². The molecule has 0 aliphatic rings. The SMILES string of the molecule is Cc1ccc(Sc2nc[nH]c(=O)c2I)cc1C(=O)O. The summed E-state index contributed by atoms with van der Waals surface area (Å²) >= 11 is 3.18. The van der Waals surface area contributed by atoms with Crippen molar-refractivity contribution in [3.63, 3.8) is 0 Å². The Morgan fingerprint density at radius 2 is 2.21 bits per heavy atom. The third-order valence-corrected chi connectivity index (χ3v) is 4.78. The molecule has 0 bridgehead atoms. The molecule has 1 aromatic carbocycles. The minimum absolute atomic E-state index is 0.205. The normalized spacial score (nSPS) is 10.4. The third kappa shape index (κ3) is 3.16. The van der Waals surface area contributed by atoms with E-state index in [0.29, 0.717) is 14.2 Å². The van der Waals surface area contributed by atoms with Crippen LogP contribution >= 0.6 is 34.4 Å². The molecule has 0 unspecified atom stereocenters. The number of benzene rings is 1. The molecule has 5 nitrogen and oxygen atoms in total. The fourth-order valence-corrected chi connectivity index (χ4v) is 2.89. The summed E-state index contributed by atoms with van der Waals surface area (Å²) in [6.45, 7) is 1.74. The van der Waals surface area contributed by atoms with Crippen LogP contribution in [0.25, 0.3) is 0 Å². The number of carbonyl (C=O) groups is 1. The van der Waals surface area contributed by atoms with Crippen molar-refractivity contribution < 1.29 is 9.90 Å². The zero-order valence-corrected chi connectivity index (χ0v) is 12.8. The number of aromatic carboxylic acids is 1. The van der Waals surface area contributed by atoms with Crippen LogP contribution in [-0.4, -0.2) is 21.0 Å². The molecule has 0 atom stereocenters. The van der Waals surface area contributed by atoms with E-state index in [0.717, 1.165) is 4.90 Å². The Kier molecular flexibility index (Phi) is 4.25. The van der Waals surface area contributed by atoms with E-state index < -0.39 is 5.97 Å². The molecule has 1 heterocycles. The molecule has 19 heavy (non-hydrogen) atoms. The van der Waals surface area contributed by atoms with Gasteiger partial charge in [-0.1, -0.05) is 17.8 Å². The first-order valence-electron chi connectivity index (χ1n) is 5.24. The molecule has 0 aliphatic heterocycles. The lowest BCUT2D eigenvalue weighted by Gasteiger charge is -2.05. The van der Waals surface area contributed by atoms with Crippen LogP contribution in [-0.2, 0) is 0 Å². The highest BCUT2D eigenvalue weighted by molar-refractivity contribution is 14.1. The van der Waals surface area contributed by atoms with Gasteiger partial charge in [0.15, 0.2) is 0 Å². The molecule has 7 heteroatoms. The van der Waals surface area contributed by atoms with Gasteiger partial charge in [-0.2, -0.15) is 0 Å². The molecule has 98 valence electrons. The number of rotatable bonds is 3. The van der Waals surface area contributed by atoms with Gasteiger partial charge in [0.25, 0.3) is 5.56 Å². The predicted octanol–water partition coefficient (Wildman–Crippen LogP) is 2.53. The zero-order chi connectivity index (χ0) is 14.0. The van der Waals surface area contributed by atoms with Gasteiger partial charge in [-0.3, -0.25) is 4.79 Å². The van der Waals surface area contributed by atoms with Crippen LogP contribution in [0, 0.1) is 10.5 Å². The summed E-state index contributed by atoms with van der Waals surface area (Å²) in [5, 5.41) is 9.63. The van der Waals surface area contributed by atoms with E-state index >= 15 is 0 Å². The Bertz CT molecular complexity index is 700. The Morgan fingerprint density at radius 3 is 2.89 bits per heavy atom. The molecule has 2 N–H and O–H groups in total. The van der Waals surface area contributed by atoms with Gasteiger partial charge in [0.05, 0.1) is 11.9 Å². The number of halogens is 1. The summed E-state index contributed by atoms with van der Waals surface area (Å²) in [7, 11) is 0. The lowest BCUT2D eigenvalue weighted by molar-refractivity contribution is 0.0696. The maximum atomic E-state index is 11.4. The van der Waals surface area contributed by atoms with Gasteiger partial charge in [0.2, 0.25) is 0 Å². The number of carboxylic acids is 1. The Balaban J connectivity index is 2.39. The van der Waals surface area contributed by atoms with Gasteiger partial charge in [-0.25, -0.2) is 9.78 Å². The fourth-order valence-electron chi connectivity index (χ4n) is 1.44. The molecule has 0 saturated heterocycles. The molecule has 1 aromatic heterocycles. The summed E-state index contributed by atoms with van der Waals surface area (Å²) in [4.78, 5) is 29.8. The summed E-state index contributed by atoms with van der Waals surface area (Å²) in [5.41, 5.74) is 0.749. The van der Waals surface area contributed by atoms with E-state index in [1.165, 1.54) is 18.1 Å². The van der Waals surface area contributed by atoms with Crippen LogP contribution < -0.4 is 5.56 Å².